The van der Waals surface area contributed by atoms with Crippen molar-refractivity contribution in [2.24, 2.45) is 5.92 Å². The monoisotopic (exact) mass is 274 g/mol. The molecule has 1 amide bonds. The summed E-state index contributed by atoms with van der Waals surface area (Å²) in [6.07, 6.45) is 2.51. The van der Waals surface area contributed by atoms with Crippen molar-refractivity contribution >= 4 is 5.91 Å². The molecule has 1 aliphatic heterocycles. The molecule has 1 aromatic rings. The van der Waals surface area contributed by atoms with Crippen LogP contribution in [0.5, 0.6) is 0 Å². The Morgan fingerprint density at radius 1 is 1.65 bits per heavy atom. The topological polar surface area (TPSA) is 71.5 Å². The summed E-state index contributed by atoms with van der Waals surface area (Å²) in [6.45, 7) is 3.26. The quantitative estimate of drug-likeness (QED) is 0.791. The molecule has 2 N–H and O–H groups in total. The highest BCUT2D eigenvalue weighted by molar-refractivity contribution is 5.92. The molecule has 2 heterocycles. The zero-order valence-electron chi connectivity index (χ0n) is 11.4. The van der Waals surface area contributed by atoms with Crippen LogP contribution in [0.15, 0.2) is 18.3 Å². The Morgan fingerprint density at radius 3 is 3.10 bits per heavy atom. The molecule has 1 fully saturated rings. The van der Waals surface area contributed by atoms with Crippen molar-refractivity contribution in [2.75, 3.05) is 19.8 Å². The van der Waals surface area contributed by atoms with Gasteiger partial charge in [-0.25, -0.2) is 4.98 Å². The summed E-state index contributed by atoms with van der Waals surface area (Å²) < 4.78 is 5.32. The van der Waals surface area contributed by atoms with E-state index < -0.39 is 0 Å². The summed E-state index contributed by atoms with van der Waals surface area (Å²) in [4.78, 5) is 16.1. The van der Waals surface area contributed by atoms with Crippen molar-refractivity contribution in [3.8, 4) is 11.8 Å². The van der Waals surface area contributed by atoms with Crippen LogP contribution in [0.3, 0.4) is 0 Å². The number of carbonyl (C=O) groups is 1. The van der Waals surface area contributed by atoms with Crippen molar-refractivity contribution in [1.29, 1.82) is 0 Å². The third kappa shape index (κ3) is 3.80. The second-order valence-corrected chi connectivity index (χ2v) is 4.78. The molecule has 106 valence electrons. The molecule has 0 saturated carbocycles. The van der Waals surface area contributed by atoms with Crippen molar-refractivity contribution in [1.82, 2.24) is 10.3 Å². The smallest absolute Gasteiger partial charge is 0.270 e. The first kappa shape index (κ1) is 14.5. The van der Waals surface area contributed by atoms with Crippen LogP contribution in [0.25, 0.3) is 0 Å². The third-order valence-corrected chi connectivity index (χ3v) is 3.34. The number of ether oxygens (including phenoxy) is 1. The van der Waals surface area contributed by atoms with E-state index in [2.05, 4.69) is 22.1 Å². The number of aliphatic hydroxyl groups is 1. The van der Waals surface area contributed by atoms with E-state index in [0.29, 0.717) is 23.8 Å². The molecule has 1 saturated heterocycles. The molecule has 0 spiro atoms. The van der Waals surface area contributed by atoms with E-state index in [9.17, 15) is 4.79 Å². The molecule has 2 unspecified atom stereocenters. The van der Waals surface area contributed by atoms with E-state index in [1.54, 1.807) is 12.1 Å². The van der Waals surface area contributed by atoms with Gasteiger partial charge >= 0.3 is 0 Å². The number of pyridine rings is 1. The van der Waals surface area contributed by atoms with Crippen LogP contribution in [-0.2, 0) is 4.74 Å². The maximum absolute atomic E-state index is 12.0. The normalized spacial score (nSPS) is 19.0. The number of nitrogens with one attached hydrogen (secondary N) is 1. The summed E-state index contributed by atoms with van der Waals surface area (Å²) in [5.41, 5.74) is 1.04. The van der Waals surface area contributed by atoms with Crippen LogP contribution >= 0.6 is 0 Å². The van der Waals surface area contributed by atoms with Gasteiger partial charge in [-0.15, -0.1) is 0 Å². The maximum Gasteiger partial charge on any atom is 0.270 e. The van der Waals surface area contributed by atoms with Crippen LogP contribution in [0.1, 0.15) is 29.4 Å². The first-order valence-electron chi connectivity index (χ1n) is 6.65. The second kappa shape index (κ2) is 7.04. The highest BCUT2D eigenvalue weighted by Gasteiger charge is 2.24. The lowest BCUT2D eigenvalue weighted by molar-refractivity contribution is 0.0917. The van der Waals surface area contributed by atoms with Crippen molar-refractivity contribution in [2.45, 2.75) is 19.4 Å². The SMILES string of the molecule is CC(NC(=O)c1ccc(C#CCO)cn1)C1CCOC1. The Bertz CT molecular complexity index is 510. The van der Waals surface area contributed by atoms with Crippen LogP contribution in [0, 0.1) is 17.8 Å². The van der Waals surface area contributed by atoms with E-state index in [4.69, 9.17) is 9.84 Å². The number of hydrogen-bond donors (Lipinski definition) is 2. The fourth-order valence-electron chi connectivity index (χ4n) is 2.09. The summed E-state index contributed by atoms with van der Waals surface area (Å²) in [6, 6.07) is 3.42. The van der Waals surface area contributed by atoms with Gasteiger partial charge in [0.15, 0.2) is 0 Å². The maximum atomic E-state index is 12.0. The molecule has 1 aromatic heterocycles. The Kier molecular flexibility index (Phi) is 5.10. The molecular weight excluding hydrogens is 256 g/mol. The number of nitrogens with zero attached hydrogens (tertiary/aromatic N) is 1. The van der Waals surface area contributed by atoms with Crippen molar-refractivity contribution in [3.05, 3.63) is 29.6 Å². The summed E-state index contributed by atoms with van der Waals surface area (Å²) in [7, 11) is 0. The lowest BCUT2D eigenvalue weighted by Gasteiger charge is -2.18. The van der Waals surface area contributed by atoms with E-state index in [-0.39, 0.29) is 18.6 Å². The van der Waals surface area contributed by atoms with E-state index in [1.165, 1.54) is 6.20 Å². The van der Waals surface area contributed by atoms with E-state index in [0.717, 1.165) is 13.0 Å². The van der Waals surface area contributed by atoms with Crippen LogP contribution < -0.4 is 5.32 Å². The Hall–Kier alpha value is -1.90. The fourth-order valence-corrected chi connectivity index (χ4v) is 2.09. The highest BCUT2D eigenvalue weighted by Crippen LogP contribution is 2.16. The first-order valence-corrected chi connectivity index (χ1v) is 6.65. The van der Waals surface area contributed by atoms with Crippen LogP contribution in [0.2, 0.25) is 0 Å². The number of rotatable bonds is 3. The molecule has 20 heavy (non-hydrogen) atoms. The van der Waals surface area contributed by atoms with Gasteiger partial charge in [0.1, 0.15) is 12.3 Å². The van der Waals surface area contributed by atoms with Gasteiger partial charge in [0, 0.05) is 30.3 Å². The van der Waals surface area contributed by atoms with Crippen LogP contribution in [0.4, 0.5) is 0 Å². The van der Waals surface area contributed by atoms with Crippen molar-refractivity contribution in [3.63, 3.8) is 0 Å². The van der Waals surface area contributed by atoms with Gasteiger partial charge in [-0.05, 0) is 25.5 Å². The standard InChI is InChI=1S/C15H18N2O3/c1-11(13-6-8-20-10-13)17-15(19)14-5-4-12(9-16-14)3-2-7-18/h4-5,9,11,13,18H,6-8,10H2,1H3,(H,17,19). The number of carbonyl (C=O) groups excluding carboxylic acids is 1. The molecule has 1 aliphatic rings. The van der Waals surface area contributed by atoms with Gasteiger partial charge in [0.2, 0.25) is 0 Å². The fraction of sp³-hybridized carbons (Fsp3) is 0.467. The molecule has 0 bridgehead atoms. The molecule has 0 radical (unpaired) electrons. The summed E-state index contributed by atoms with van der Waals surface area (Å²) in [5.74, 6) is 5.45. The van der Waals surface area contributed by atoms with Gasteiger partial charge in [-0.1, -0.05) is 11.8 Å². The minimum atomic E-state index is -0.191. The number of amides is 1. The Morgan fingerprint density at radius 2 is 2.50 bits per heavy atom. The number of aliphatic hydroxyl groups excluding tert-OH is 1. The van der Waals surface area contributed by atoms with Gasteiger partial charge < -0.3 is 15.2 Å². The first-order chi connectivity index (χ1) is 9.70. The van der Waals surface area contributed by atoms with Gasteiger partial charge in [-0.2, -0.15) is 0 Å². The van der Waals surface area contributed by atoms with Crippen molar-refractivity contribution < 1.29 is 14.6 Å². The number of aromatic nitrogens is 1. The predicted octanol–water partition coefficient (Wildman–Crippen LogP) is 0.580. The Balaban J connectivity index is 1.94. The van der Waals surface area contributed by atoms with Gasteiger partial charge in [0.05, 0.1) is 6.61 Å². The van der Waals surface area contributed by atoms with Gasteiger partial charge in [-0.3, -0.25) is 4.79 Å². The minimum absolute atomic E-state index is 0.0701. The molecule has 0 aliphatic carbocycles. The Labute approximate surface area is 118 Å². The second-order valence-electron chi connectivity index (χ2n) is 4.78. The average molecular weight is 274 g/mol. The molecule has 0 aromatic carbocycles. The van der Waals surface area contributed by atoms with E-state index >= 15 is 0 Å². The van der Waals surface area contributed by atoms with E-state index in [1.807, 2.05) is 6.92 Å². The summed E-state index contributed by atoms with van der Waals surface area (Å²) in [5, 5.41) is 11.5. The highest BCUT2D eigenvalue weighted by atomic mass is 16.5. The average Bonchev–Trinajstić information content (AvgIpc) is 3.00. The molecular formula is C15H18N2O3. The third-order valence-electron chi connectivity index (χ3n) is 3.34. The lowest BCUT2D eigenvalue weighted by atomic mass is 10.0. The zero-order valence-corrected chi connectivity index (χ0v) is 11.4. The summed E-state index contributed by atoms with van der Waals surface area (Å²) >= 11 is 0. The lowest BCUT2D eigenvalue weighted by Crippen LogP contribution is -2.38. The molecule has 5 heteroatoms. The minimum Gasteiger partial charge on any atom is -0.384 e. The van der Waals surface area contributed by atoms with Gasteiger partial charge in [0.25, 0.3) is 5.91 Å². The molecule has 2 atom stereocenters. The molecule has 2 rings (SSSR count). The predicted molar refractivity (Wildman–Crippen MR) is 74.1 cm³/mol. The number of hydrogen-bond acceptors (Lipinski definition) is 4. The van der Waals surface area contributed by atoms with Crippen LogP contribution in [-0.4, -0.2) is 41.9 Å². The zero-order chi connectivity index (χ0) is 14.4. The molecule has 5 nitrogen and oxygen atoms in total. The largest absolute Gasteiger partial charge is 0.384 e.